The highest BCUT2D eigenvalue weighted by Crippen LogP contribution is 2.18. The van der Waals surface area contributed by atoms with Gasteiger partial charge >= 0.3 is 0 Å². The third-order valence-electron chi connectivity index (χ3n) is 3.15. The third-order valence-corrected chi connectivity index (χ3v) is 3.15. The summed E-state index contributed by atoms with van der Waals surface area (Å²) in [5.41, 5.74) is 1.46. The first-order valence-electron chi connectivity index (χ1n) is 6.84. The topological polar surface area (TPSA) is 0 Å². The Hall–Kier alpha value is -0.520. The van der Waals surface area contributed by atoms with Gasteiger partial charge in [0.05, 0.1) is 0 Å². The molecule has 0 N–H and O–H groups in total. The molecule has 0 aliphatic rings. The zero-order valence-corrected chi connectivity index (χ0v) is 11.8. The van der Waals surface area contributed by atoms with Crippen molar-refractivity contribution >= 4 is 0 Å². The first kappa shape index (κ1) is 15.5. The molecule has 0 amide bonds. The van der Waals surface area contributed by atoms with Crippen LogP contribution in [0.3, 0.4) is 0 Å². The van der Waals surface area contributed by atoms with E-state index in [-0.39, 0.29) is 0 Å². The molecule has 0 aromatic heterocycles. The Morgan fingerprint density at radius 1 is 1.06 bits per heavy atom. The molecule has 0 bridgehead atoms. The van der Waals surface area contributed by atoms with E-state index in [1.54, 1.807) is 0 Å². The fourth-order valence-electron chi connectivity index (χ4n) is 2.03. The molecule has 0 heteroatoms. The van der Waals surface area contributed by atoms with Crippen molar-refractivity contribution in [2.45, 2.75) is 66.2 Å². The van der Waals surface area contributed by atoms with E-state index >= 15 is 0 Å². The zero-order valence-electron chi connectivity index (χ0n) is 11.8. The van der Waals surface area contributed by atoms with Crippen LogP contribution in [0.15, 0.2) is 24.3 Å². The lowest BCUT2D eigenvalue weighted by atomic mass is 9.94. The Morgan fingerprint density at radius 3 is 2.25 bits per heavy atom. The quantitative estimate of drug-likeness (QED) is 0.436. The van der Waals surface area contributed by atoms with Crippen LogP contribution in [-0.4, -0.2) is 0 Å². The minimum Gasteiger partial charge on any atom is -0.0991 e. The van der Waals surface area contributed by atoms with E-state index < -0.39 is 0 Å². The standard InChI is InChI=1S/C16H30/c1-6-9-15(4)12-8-13-16(5)11-7-10-14(2)3/h6,9,14,16H,1,7-8,10-13H2,2-5H3/b15-9+. The maximum absolute atomic E-state index is 3.72. The van der Waals surface area contributed by atoms with Gasteiger partial charge in [-0.3, -0.25) is 0 Å². The van der Waals surface area contributed by atoms with Crippen molar-refractivity contribution < 1.29 is 0 Å². The summed E-state index contributed by atoms with van der Waals surface area (Å²) in [6.07, 6.45) is 12.2. The van der Waals surface area contributed by atoms with Crippen molar-refractivity contribution in [3.8, 4) is 0 Å². The molecule has 94 valence electrons. The van der Waals surface area contributed by atoms with Crippen LogP contribution < -0.4 is 0 Å². The average molecular weight is 222 g/mol. The lowest BCUT2D eigenvalue weighted by Crippen LogP contribution is -1.97. The van der Waals surface area contributed by atoms with Gasteiger partial charge in [0.1, 0.15) is 0 Å². The second-order valence-electron chi connectivity index (χ2n) is 5.57. The monoisotopic (exact) mass is 222 g/mol. The fraction of sp³-hybridized carbons (Fsp3) is 0.750. The first-order valence-corrected chi connectivity index (χ1v) is 6.84. The van der Waals surface area contributed by atoms with Gasteiger partial charge < -0.3 is 0 Å². The average Bonchev–Trinajstić information content (AvgIpc) is 2.17. The molecule has 0 fully saturated rings. The highest BCUT2D eigenvalue weighted by molar-refractivity contribution is 5.07. The van der Waals surface area contributed by atoms with Crippen molar-refractivity contribution in [3.63, 3.8) is 0 Å². The summed E-state index contributed by atoms with van der Waals surface area (Å²) in [5.74, 6) is 1.76. The van der Waals surface area contributed by atoms with Gasteiger partial charge in [0.25, 0.3) is 0 Å². The van der Waals surface area contributed by atoms with Gasteiger partial charge in [-0.1, -0.05) is 70.8 Å². The predicted octanol–water partition coefficient (Wildman–Crippen LogP) is 5.75. The van der Waals surface area contributed by atoms with Crippen LogP contribution in [0.2, 0.25) is 0 Å². The molecule has 1 atom stereocenters. The summed E-state index contributed by atoms with van der Waals surface area (Å²) in [6.45, 7) is 12.9. The summed E-state index contributed by atoms with van der Waals surface area (Å²) < 4.78 is 0. The van der Waals surface area contributed by atoms with Gasteiger partial charge in [-0.05, 0) is 31.6 Å². The molecule has 0 heterocycles. The summed E-state index contributed by atoms with van der Waals surface area (Å²) in [4.78, 5) is 0. The molecule has 0 aromatic rings. The SMILES string of the molecule is C=C/C=C(\C)CCCC(C)CCCC(C)C. The lowest BCUT2D eigenvalue weighted by Gasteiger charge is -2.12. The van der Waals surface area contributed by atoms with Gasteiger partial charge in [-0.2, -0.15) is 0 Å². The van der Waals surface area contributed by atoms with Crippen molar-refractivity contribution in [2.24, 2.45) is 11.8 Å². The Bertz CT molecular complexity index is 198. The Morgan fingerprint density at radius 2 is 1.69 bits per heavy atom. The third kappa shape index (κ3) is 10.0. The number of allylic oxidation sites excluding steroid dienone is 3. The molecular formula is C16H30. The minimum atomic E-state index is 0.866. The predicted molar refractivity (Wildman–Crippen MR) is 75.7 cm³/mol. The van der Waals surface area contributed by atoms with Crippen LogP contribution in [0, 0.1) is 11.8 Å². The van der Waals surface area contributed by atoms with E-state index in [2.05, 4.69) is 40.3 Å². The minimum absolute atomic E-state index is 0.866. The maximum Gasteiger partial charge on any atom is -0.0320 e. The van der Waals surface area contributed by atoms with Crippen LogP contribution in [0.1, 0.15) is 66.2 Å². The summed E-state index contributed by atoms with van der Waals surface area (Å²) in [7, 11) is 0. The van der Waals surface area contributed by atoms with Crippen molar-refractivity contribution in [1.29, 1.82) is 0 Å². The number of hydrogen-bond donors (Lipinski definition) is 0. The van der Waals surface area contributed by atoms with Crippen molar-refractivity contribution in [3.05, 3.63) is 24.3 Å². The molecule has 0 radical (unpaired) electrons. The highest BCUT2D eigenvalue weighted by atomic mass is 14.1. The summed E-state index contributed by atoms with van der Waals surface area (Å²) in [5, 5.41) is 0. The molecule has 0 aromatic carbocycles. The van der Waals surface area contributed by atoms with Gasteiger partial charge in [0.15, 0.2) is 0 Å². The van der Waals surface area contributed by atoms with E-state index in [1.165, 1.54) is 44.1 Å². The second-order valence-corrected chi connectivity index (χ2v) is 5.57. The summed E-state index contributed by atoms with van der Waals surface area (Å²) in [6, 6.07) is 0. The lowest BCUT2D eigenvalue weighted by molar-refractivity contribution is 0.427. The Kier molecular flexibility index (Phi) is 9.37. The Labute approximate surface area is 103 Å². The van der Waals surface area contributed by atoms with E-state index in [9.17, 15) is 0 Å². The maximum atomic E-state index is 3.72. The normalized spacial score (nSPS) is 14.2. The largest absolute Gasteiger partial charge is 0.0991 e. The molecule has 0 spiro atoms. The van der Waals surface area contributed by atoms with Gasteiger partial charge in [0, 0.05) is 0 Å². The van der Waals surface area contributed by atoms with Gasteiger partial charge in [-0.25, -0.2) is 0 Å². The zero-order chi connectivity index (χ0) is 12.4. The summed E-state index contributed by atoms with van der Waals surface area (Å²) >= 11 is 0. The van der Waals surface area contributed by atoms with Crippen molar-refractivity contribution in [2.75, 3.05) is 0 Å². The van der Waals surface area contributed by atoms with E-state index in [0.29, 0.717) is 0 Å². The van der Waals surface area contributed by atoms with E-state index in [0.717, 1.165) is 11.8 Å². The molecule has 16 heavy (non-hydrogen) atoms. The van der Waals surface area contributed by atoms with E-state index in [1.807, 2.05) is 6.08 Å². The molecule has 0 nitrogen and oxygen atoms in total. The molecule has 0 saturated carbocycles. The van der Waals surface area contributed by atoms with Crippen LogP contribution in [-0.2, 0) is 0 Å². The van der Waals surface area contributed by atoms with Crippen LogP contribution in [0.4, 0.5) is 0 Å². The van der Waals surface area contributed by atoms with Gasteiger partial charge in [0.2, 0.25) is 0 Å². The first-order chi connectivity index (χ1) is 7.56. The van der Waals surface area contributed by atoms with Crippen LogP contribution in [0.5, 0.6) is 0 Å². The molecule has 0 saturated heterocycles. The fourth-order valence-corrected chi connectivity index (χ4v) is 2.03. The number of hydrogen-bond acceptors (Lipinski definition) is 0. The molecule has 0 aliphatic carbocycles. The van der Waals surface area contributed by atoms with Gasteiger partial charge in [-0.15, -0.1) is 0 Å². The van der Waals surface area contributed by atoms with E-state index in [4.69, 9.17) is 0 Å². The molecular weight excluding hydrogens is 192 g/mol. The Balaban J connectivity index is 3.46. The smallest absolute Gasteiger partial charge is 0.0320 e. The molecule has 0 aliphatic heterocycles. The second kappa shape index (κ2) is 9.69. The molecule has 1 unspecified atom stereocenters. The van der Waals surface area contributed by atoms with Crippen LogP contribution in [0.25, 0.3) is 0 Å². The molecule has 0 rings (SSSR count). The number of rotatable bonds is 9. The van der Waals surface area contributed by atoms with Crippen molar-refractivity contribution in [1.82, 2.24) is 0 Å². The highest BCUT2D eigenvalue weighted by Gasteiger charge is 2.03. The van der Waals surface area contributed by atoms with Crippen LogP contribution >= 0.6 is 0 Å².